The van der Waals surface area contributed by atoms with E-state index in [1.165, 1.54) is 19.3 Å². The van der Waals surface area contributed by atoms with Gasteiger partial charge in [-0.05, 0) is 70.6 Å². The summed E-state index contributed by atoms with van der Waals surface area (Å²) in [5.74, 6) is -0.212. The Kier molecular flexibility index (Phi) is 31.0. The van der Waals surface area contributed by atoms with Gasteiger partial charge in [-0.25, -0.2) is 0 Å². The number of hydrogen-bond acceptors (Lipinski definition) is 8. The molecule has 7 atom stereocenters. The van der Waals surface area contributed by atoms with Gasteiger partial charge in [-0.2, -0.15) is 0 Å². The number of amides is 1. The molecule has 7 unspecified atom stereocenters. The lowest BCUT2D eigenvalue weighted by atomic mass is 9.99. The molecule has 9 heteroatoms. The van der Waals surface area contributed by atoms with Crippen molar-refractivity contribution >= 4 is 5.91 Å². The molecule has 1 aliphatic heterocycles. The highest BCUT2D eigenvalue weighted by Crippen LogP contribution is 2.22. The summed E-state index contributed by atoms with van der Waals surface area (Å²) in [6, 6.07) is -0.820. The van der Waals surface area contributed by atoms with Crippen molar-refractivity contribution in [2.24, 2.45) is 0 Å². The van der Waals surface area contributed by atoms with Crippen LogP contribution in [-0.4, -0.2) is 87.5 Å². The Morgan fingerprint density at radius 2 is 1.17 bits per heavy atom. The van der Waals surface area contributed by atoms with Gasteiger partial charge in [0.05, 0.1) is 25.4 Å². The van der Waals surface area contributed by atoms with E-state index in [2.05, 4.69) is 92.1 Å². The fourth-order valence-corrected chi connectivity index (χ4v) is 5.68. The summed E-state index contributed by atoms with van der Waals surface area (Å²) in [6.45, 7) is 3.54. The predicted molar refractivity (Wildman–Crippen MR) is 216 cm³/mol. The first-order chi connectivity index (χ1) is 25.8. The zero-order valence-corrected chi connectivity index (χ0v) is 32.7. The smallest absolute Gasteiger partial charge is 0.220 e. The van der Waals surface area contributed by atoms with Gasteiger partial charge in [0.15, 0.2) is 6.29 Å². The molecule has 0 aromatic carbocycles. The molecule has 1 aliphatic rings. The zero-order chi connectivity index (χ0) is 38.8. The van der Waals surface area contributed by atoms with Gasteiger partial charge in [0.1, 0.15) is 24.4 Å². The number of carbonyl (C=O) groups excluding carboxylic acids is 1. The summed E-state index contributed by atoms with van der Waals surface area (Å²) in [5.41, 5.74) is 0. The highest BCUT2D eigenvalue weighted by atomic mass is 16.7. The van der Waals surface area contributed by atoms with Gasteiger partial charge < -0.3 is 40.3 Å². The minimum absolute atomic E-state index is 0.206. The third-order valence-corrected chi connectivity index (χ3v) is 8.98. The Morgan fingerprint density at radius 1 is 0.660 bits per heavy atom. The Morgan fingerprint density at radius 3 is 1.72 bits per heavy atom. The third-order valence-electron chi connectivity index (χ3n) is 8.98. The van der Waals surface area contributed by atoms with Gasteiger partial charge in [-0.3, -0.25) is 4.79 Å². The molecule has 9 nitrogen and oxygen atoms in total. The lowest BCUT2D eigenvalue weighted by Crippen LogP contribution is -2.60. The summed E-state index contributed by atoms with van der Waals surface area (Å²) < 4.78 is 11.1. The lowest BCUT2D eigenvalue weighted by molar-refractivity contribution is -0.302. The minimum atomic E-state index is -1.57. The van der Waals surface area contributed by atoms with E-state index in [-0.39, 0.29) is 12.5 Å². The highest BCUT2D eigenvalue weighted by molar-refractivity contribution is 5.76. The van der Waals surface area contributed by atoms with E-state index in [1.807, 2.05) is 6.08 Å². The normalized spacial score (nSPS) is 22.6. The maximum atomic E-state index is 12.8. The first-order valence-corrected chi connectivity index (χ1v) is 20.3. The number of hydrogen-bond donors (Lipinski definition) is 6. The molecule has 0 aromatic heterocycles. The van der Waals surface area contributed by atoms with Crippen molar-refractivity contribution in [1.82, 2.24) is 5.32 Å². The van der Waals surface area contributed by atoms with E-state index < -0.39 is 49.5 Å². The van der Waals surface area contributed by atoms with E-state index in [0.717, 1.165) is 89.9 Å². The maximum absolute atomic E-state index is 12.8. The van der Waals surface area contributed by atoms with Gasteiger partial charge >= 0.3 is 0 Å². The van der Waals surface area contributed by atoms with Crippen LogP contribution in [0.25, 0.3) is 0 Å². The van der Waals surface area contributed by atoms with E-state index in [0.29, 0.717) is 6.42 Å². The van der Waals surface area contributed by atoms with Crippen molar-refractivity contribution in [3.05, 3.63) is 85.1 Å². The first kappa shape index (κ1) is 48.4. The number of unbranched alkanes of at least 4 members (excludes halogenated alkanes) is 9. The predicted octanol–water partition coefficient (Wildman–Crippen LogP) is 7.60. The Balaban J connectivity index is 2.33. The van der Waals surface area contributed by atoms with Crippen molar-refractivity contribution in [1.29, 1.82) is 0 Å². The fraction of sp³-hybridized carbons (Fsp3) is 0.659. The van der Waals surface area contributed by atoms with Crippen LogP contribution in [0.1, 0.15) is 129 Å². The van der Waals surface area contributed by atoms with Crippen LogP contribution in [0.15, 0.2) is 85.1 Å². The van der Waals surface area contributed by atoms with Crippen molar-refractivity contribution in [3.63, 3.8) is 0 Å². The quantitative estimate of drug-likeness (QED) is 0.0314. The van der Waals surface area contributed by atoms with Crippen LogP contribution < -0.4 is 5.32 Å². The summed E-state index contributed by atoms with van der Waals surface area (Å²) in [4.78, 5) is 12.8. The number of aliphatic hydroxyl groups is 5. The molecule has 0 aliphatic carbocycles. The largest absolute Gasteiger partial charge is 0.394 e. The zero-order valence-electron chi connectivity index (χ0n) is 32.7. The second-order valence-electron chi connectivity index (χ2n) is 13.7. The van der Waals surface area contributed by atoms with Crippen LogP contribution in [0, 0.1) is 0 Å². The number of carbonyl (C=O) groups is 1. The van der Waals surface area contributed by atoms with Gasteiger partial charge in [0, 0.05) is 6.42 Å². The van der Waals surface area contributed by atoms with Gasteiger partial charge in [0.2, 0.25) is 5.91 Å². The van der Waals surface area contributed by atoms with Crippen LogP contribution in [0.3, 0.4) is 0 Å². The van der Waals surface area contributed by atoms with Crippen LogP contribution in [0.5, 0.6) is 0 Å². The molecule has 53 heavy (non-hydrogen) atoms. The molecule has 0 radical (unpaired) electrons. The molecular formula is C44H73NO8. The molecule has 1 fully saturated rings. The fourth-order valence-electron chi connectivity index (χ4n) is 5.68. The van der Waals surface area contributed by atoms with Crippen LogP contribution in [-0.2, 0) is 14.3 Å². The van der Waals surface area contributed by atoms with Crippen LogP contribution in [0.4, 0.5) is 0 Å². The molecule has 1 amide bonds. The highest BCUT2D eigenvalue weighted by Gasteiger charge is 2.44. The second-order valence-corrected chi connectivity index (χ2v) is 13.7. The average Bonchev–Trinajstić information content (AvgIpc) is 3.16. The number of nitrogens with one attached hydrogen (secondary N) is 1. The Labute approximate surface area is 321 Å². The van der Waals surface area contributed by atoms with Crippen molar-refractivity contribution in [3.8, 4) is 0 Å². The maximum Gasteiger partial charge on any atom is 0.220 e. The molecule has 1 heterocycles. The molecule has 0 spiro atoms. The van der Waals surface area contributed by atoms with Crippen molar-refractivity contribution in [2.45, 2.75) is 172 Å². The number of ether oxygens (including phenoxy) is 2. The van der Waals surface area contributed by atoms with Crippen molar-refractivity contribution in [2.75, 3.05) is 13.2 Å². The van der Waals surface area contributed by atoms with Gasteiger partial charge in [-0.15, -0.1) is 0 Å². The molecule has 6 N–H and O–H groups in total. The number of allylic oxidation sites excluding steroid dienone is 13. The van der Waals surface area contributed by atoms with Crippen LogP contribution >= 0.6 is 0 Å². The molecule has 0 saturated carbocycles. The first-order valence-electron chi connectivity index (χ1n) is 20.3. The summed E-state index contributed by atoms with van der Waals surface area (Å²) in [5, 5.41) is 53.7. The minimum Gasteiger partial charge on any atom is -0.394 e. The second kappa shape index (κ2) is 33.9. The summed E-state index contributed by atoms with van der Waals surface area (Å²) in [6.07, 6.45) is 39.3. The molecule has 0 aromatic rings. The van der Waals surface area contributed by atoms with E-state index in [9.17, 15) is 30.3 Å². The summed E-state index contributed by atoms with van der Waals surface area (Å²) in [7, 11) is 0. The number of aliphatic hydroxyl groups excluding tert-OH is 5. The summed E-state index contributed by atoms with van der Waals surface area (Å²) >= 11 is 0. The molecule has 0 bridgehead atoms. The van der Waals surface area contributed by atoms with E-state index in [4.69, 9.17) is 9.47 Å². The molecule has 1 rings (SSSR count). The molecule has 302 valence electrons. The topological polar surface area (TPSA) is 149 Å². The monoisotopic (exact) mass is 744 g/mol. The van der Waals surface area contributed by atoms with Gasteiger partial charge in [0.25, 0.3) is 0 Å². The SMILES string of the molecule is CC/C=C\C/C=C\C/C=C\C/C=C\C/C=C\C/C=C\CCCCCCC(=O)NC(COC1OC(CO)C(O)C(O)C1O)C(O)/C=C/CCCCCCC. The third kappa shape index (κ3) is 25.1. The average molecular weight is 744 g/mol. The lowest BCUT2D eigenvalue weighted by Gasteiger charge is -2.40. The van der Waals surface area contributed by atoms with E-state index in [1.54, 1.807) is 6.08 Å². The van der Waals surface area contributed by atoms with Crippen molar-refractivity contribution < 1.29 is 39.8 Å². The van der Waals surface area contributed by atoms with Gasteiger partial charge in [-0.1, -0.05) is 137 Å². The Hall–Kier alpha value is -2.63. The number of rotatable bonds is 31. The van der Waals surface area contributed by atoms with E-state index >= 15 is 0 Å². The Bertz CT molecular complexity index is 1090. The van der Waals surface area contributed by atoms with Crippen LogP contribution in [0.2, 0.25) is 0 Å². The molecular weight excluding hydrogens is 670 g/mol. The molecule has 1 saturated heterocycles. The standard InChI is InChI=1S/C44H73NO8/c1-3-5-7-9-11-12-13-14-15-16-17-18-19-20-21-22-23-24-25-26-28-30-32-34-40(48)45-37(38(47)33-31-29-27-10-8-6-4-2)36-52-44-43(51)42(50)41(49)39(35-46)53-44/h5,7,11-12,14-15,17-18,20-21,23-24,31,33,37-39,41-44,46-47,49-51H,3-4,6,8-10,13,16,19,22,25-30,32,34-36H2,1-2H3,(H,45,48)/b7-5-,12-11-,15-14-,18-17-,21-20-,24-23-,33-31+.